The highest BCUT2D eigenvalue weighted by atomic mass is 31.1. The minimum atomic E-state index is -1.59. The lowest BCUT2D eigenvalue weighted by molar-refractivity contribution is 0.598. The molecule has 3 aromatic rings. The first-order valence-corrected chi connectivity index (χ1v) is 9.53. The normalized spacial score (nSPS) is 11.2. The summed E-state index contributed by atoms with van der Waals surface area (Å²) in [6.07, 6.45) is 0. The lowest BCUT2D eigenvalue weighted by atomic mass is 9.93. The van der Waals surface area contributed by atoms with Gasteiger partial charge in [0, 0.05) is 11.1 Å². The topological polar surface area (TPSA) is 40.9 Å². The van der Waals surface area contributed by atoms with E-state index in [-0.39, 0.29) is 0 Å². The SMILES string of the molecule is Cc1cc(C)c(C(=N)c2ccc([P+](=O)c3ccccc3)cc2)c(C)c1. The Labute approximate surface area is 149 Å². The second-order valence-electron chi connectivity index (χ2n) is 6.33. The summed E-state index contributed by atoms with van der Waals surface area (Å²) in [5, 5.41) is 10.2. The van der Waals surface area contributed by atoms with Gasteiger partial charge in [-0.25, -0.2) is 0 Å². The summed E-state index contributed by atoms with van der Waals surface area (Å²) in [6, 6.07) is 21.2. The predicted molar refractivity (Wildman–Crippen MR) is 106 cm³/mol. The molecule has 3 rings (SSSR count). The maximum atomic E-state index is 12.6. The first kappa shape index (κ1) is 17.3. The average Bonchev–Trinajstić information content (AvgIpc) is 2.61. The minimum Gasteiger partial charge on any atom is -0.300 e. The fourth-order valence-corrected chi connectivity index (χ4v) is 4.36. The molecule has 0 amide bonds. The molecule has 1 N–H and O–H groups in total. The quantitative estimate of drug-likeness (QED) is 0.535. The van der Waals surface area contributed by atoms with Gasteiger partial charge < -0.3 is 0 Å². The number of hydrogen-bond acceptors (Lipinski definition) is 2. The highest BCUT2D eigenvalue weighted by molar-refractivity contribution is 7.61. The Morgan fingerprint density at radius 1 is 0.800 bits per heavy atom. The van der Waals surface area contributed by atoms with Crippen molar-refractivity contribution >= 4 is 24.1 Å². The Balaban J connectivity index is 1.91. The zero-order valence-electron chi connectivity index (χ0n) is 14.7. The zero-order valence-corrected chi connectivity index (χ0v) is 15.6. The Bertz CT molecular complexity index is 921. The summed E-state index contributed by atoms with van der Waals surface area (Å²) in [4.78, 5) is 0. The molecular weight excluding hydrogens is 325 g/mol. The molecule has 0 aromatic heterocycles. The third-order valence-corrected chi connectivity index (χ3v) is 5.84. The van der Waals surface area contributed by atoms with E-state index in [4.69, 9.17) is 5.41 Å². The number of aryl methyl sites for hydroxylation is 3. The van der Waals surface area contributed by atoms with Crippen LogP contribution in [0.5, 0.6) is 0 Å². The second kappa shape index (κ2) is 7.13. The lowest BCUT2D eigenvalue weighted by Gasteiger charge is -2.12. The summed E-state index contributed by atoms with van der Waals surface area (Å²) >= 11 is 0. The highest BCUT2D eigenvalue weighted by Crippen LogP contribution is 2.22. The number of benzene rings is 3. The molecule has 0 fully saturated rings. The molecule has 2 nitrogen and oxygen atoms in total. The van der Waals surface area contributed by atoms with Crippen LogP contribution in [0.1, 0.15) is 27.8 Å². The summed E-state index contributed by atoms with van der Waals surface area (Å²) in [5.74, 6) is 0. The van der Waals surface area contributed by atoms with Crippen molar-refractivity contribution in [3.63, 3.8) is 0 Å². The van der Waals surface area contributed by atoms with E-state index in [2.05, 4.69) is 19.1 Å². The molecule has 25 heavy (non-hydrogen) atoms. The third kappa shape index (κ3) is 3.60. The average molecular weight is 346 g/mol. The zero-order chi connectivity index (χ0) is 18.0. The molecule has 1 atom stereocenters. The molecule has 0 spiro atoms. The molecule has 3 heteroatoms. The van der Waals surface area contributed by atoms with E-state index in [9.17, 15) is 4.57 Å². The van der Waals surface area contributed by atoms with Crippen molar-refractivity contribution in [3.8, 4) is 0 Å². The Hall–Kier alpha value is -2.57. The summed E-state index contributed by atoms with van der Waals surface area (Å²) in [6.45, 7) is 6.16. The largest absolute Gasteiger partial charge is 0.415 e. The van der Waals surface area contributed by atoms with Gasteiger partial charge in [0.2, 0.25) is 0 Å². The van der Waals surface area contributed by atoms with Crippen molar-refractivity contribution in [1.82, 2.24) is 0 Å². The minimum absolute atomic E-state index is 0.511. The van der Waals surface area contributed by atoms with Gasteiger partial charge in [0.05, 0.1) is 5.71 Å². The van der Waals surface area contributed by atoms with Crippen LogP contribution in [0, 0.1) is 26.2 Å². The molecule has 0 heterocycles. The van der Waals surface area contributed by atoms with Crippen LogP contribution in [0.2, 0.25) is 0 Å². The number of rotatable bonds is 4. The van der Waals surface area contributed by atoms with Crippen LogP contribution in [0.25, 0.3) is 0 Å². The van der Waals surface area contributed by atoms with Crippen LogP contribution in [0.3, 0.4) is 0 Å². The van der Waals surface area contributed by atoms with Crippen LogP contribution in [0.15, 0.2) is 66.7 Å². The van der Waals surface area contributed by atoms with Crippen LogP contribution in [-0.4, -0.2) is 5.71 Å². The summed E-state index contributed by atoms with van der Waals surface area (Å²) in [7, 11) is -1.59. The lowest BCUT2D eigenvalue weighted by Crippen LogP contribution is -2.10. The Kier molecular flexibility index (Phi) is 4.92. The Morgan fingerprint density at radius 3 is 1.88 bits per heavy atom. The molecule has 3 aromatic carbocycles. The van der Waals surface area contributed by atoms with Gasteiger partial charge in [0.25, 0.3) is 0 Å². The summed E-state index contributed by atoms with van der Waals surface area (Å²) in [5.41, 5.74) is 5.77. The molecule has 0 saturated carbocycles. The standard InChI is InChI=1S/C22H21NOP/c1-15-13-16(2)21(17(3)14-15)22(23)18-9-11-20(12-10-18)25(24)19-7-5-4-6-8-19/h4-14,23H,1-3H3/q+1. The molecule has 0 bridgehead atoms. The van der Waals surface area contributed by atoms with Crippen LogP contribution >= 0.6 is 7.80 Å². The van der Waals surface area contributed by atoms with Crippen molar-refractivity contribution in [1.29, 1.82) is 5.41 Å². The fraction of sp³-hybridized carbons (Fsp3) is 0.136. The molecule has 0 radical (unpaired) electrons. The van der Waals surface area contributed by atoms with Crippen molar-refractivity contribution in [2.24, 2.45) is 0 Å². The van der Waals surface area contributed by atoms with Gasteiger partial charge in [-0.2, -0.15) is 0 Å². The van der Waals surface area contributed by atoms with E-state index in [1.807, 2.05) is 68.4 Å². The molecule has 0 aliphatic heterocycles. The van der Waals surface area contributed by atoms with Crippen LogP contribution in [-0.2, 0) is 4.57 Å². The van der Waals surface area contributed by atoms with Gasteiger partial charge in [0.1, 0.15) is 0 Å². The molecule has 0 aliphatic carbocycles. The van der Waals surface area contributed by atoms with E-state index in [0.717, 1.165) is 32.9 Å². The monoisotopic (exact) mass is 346 g/mol. The molecule has 0 saturated heterocycles. The van der Waals surface area contributed by atoms with E-state index in [1.165, 1.54) is 5.56 Å². The molecule has 0 aliphatic rings. The second-order valence-corrected chi connectivity index (χ2v) is 7.95. The maximum Gasteiger partial charge on any atom is 0.415 e. The maximum absolute atomic E-state index is 12.6. The van der Waals surface area contributed by atoms with E-state index in [0.29, 0.717) is 5.71 Å². The van der Waals surface area contributed by atoms with Gasteiger partial charge >= 0.3 is 7.80 Å². The third-order valence-electron chi connectivity index (χ3n) is 4.31. The van der Waals surface area contributed by atoms with Gasteiger partial charge in [-0.05, 0) is 68.3 Å². The van der Waals surface area contributed by atoms with Crippen molar-refractivity contribution in [2.75, 3.05) is 0 Å². The van der Waals surface area contributed by atoms with Gasteiger partial charge in [-0.1, -0.05) is 40.5 Å². The van der Waals surface area contributed by atoms with Crippen LogP contribution in [0.4, 0.5) is 0 Å². The number of nitrogens with one attached hydrogen (secondary N) is 1. The molecule has 124 valence electrons. The van der Waals surface area contributed by atoms with Gasteiger partial charge in [0.15, 0.2) is 10.6 Å². The number of hydrogen-bond donors (Lipinski definition) is 1. The fourth-order valence-electron chi connectivity index (χ4n) is 3.19. The van der Waals surface area contributed by atoms with Crippen LogP contribution < -0.4 is 10.6 Å². The predicted octanol–water partition coefficient (Wildman–Crippen LogP) is 4.81. The Morgan fingerprint density at radius 2 is 1.32 bits per heavy atom. The molecule has 1 unspecified atom stereocenters. The van der Waals surface area contributed by atoms with Gasteiger partial charge in [-0.15, -0.1) is 0 Å². The first-order valence-electron chi connectivity index (χ1n) is 8.27. The smallest absolute Gasteiger partial charge is 0.300 e. The van der Waals surface area contributed by atoms with Crippen molar-refractivity contribution in [2.45, 2.75) is 20.8 Å². The summed E-state index contributed by atoms with van der Waals surface area (Å²) < 4.78 is 12.6. The van der Waals surface area contributed by atoms with Crippen molar-refractivity contribution in [3.05, 3.63) is 94.5 Å². The van der Waals surface area contributed by atoms with Gasteiger partial charge in [-0.3, -0.25) is 5.41 Å². The van der Waals surface area contributed by atoms with E-state index < -0.39 is 7.80 Å². The van der Waals surface area contributed by atoms with E-state index >= 15 is 0 Å². The first-order chi connectivity index (χ1) is 12.0. The van der Waals surface area contributed by atoms with Crippen molar-refractivity contribution < 1.29 is 4.57 Å². The molecular formula is C22H21NOP+. The van der Waals surface area contributed by atoms with E-state index in [1.54, 1.807) is 0 Å². The highest BCUT2D eigenvalue weighted by Gasteiger charge is 2.23.